The third-order valence-electron chi connectivity index (χ3n) is 2.64. The highest BCUT2D eigenvalue weighted by atomic mass is 32.1. The predicted molar refractivity (Wildman–Crippen MR) is 66.8 cm³/mol. The van der Waals surface area contributed by atoms with E-state index in [2.05, 4.69) is 17.6 Å². The smallest absolute Gasteiger partial charge is 0.320 e. The van der Waals surface area contributed by atoms with Crippen LogP contribution in [0.5, 0.6) is 0 Å². The van der Waals surface area contributed by atoms with Crippen LogP contribution in [0.15, 0.2) is 16.8 Å². The number of carboxylic acid groups (broad SMARTS) is 1. The summed E-state index contributed by atoms with van der Waals surface area (Å²) in [6.07, 6.45) is 2.67. The zero-order valence-electron chi connectivity index (χ0n) is 9.77. The Labute approximate surface area is 100 Å². The zero-order valence-corrected chi connectivity index (χ0v) is 10.6. The first-order chi connectivity index (χ1) is 7.65. The lowest BCUT2D eigenvalue weighted by Gasteiger charge is -2.19. The summed E-state index contributed by atoms with van der Waals surface area (Å²) in [6, 6.07) is 1.69. The molecule has 1 rings (SSSR count). The highest BCUT2D eigenvalue weighted by Crippen LogP contribution is 2.17. The molecule has 0 saturated heterocycles. The fraction of sp³-hybridized carbons (Fsp3) is 0.583. The van der Waals surface area contributed by atoms with E-state index >= 15 is 0 Å². The molecule has 1 heterocycles. The molecule has 0 aliphatic heterocycles. The molecule has 1 aromatic rings. The molecular weight excluding hydrogens is 222 g/mol. The second kappa shape index (κ2) is 6.66. The summed E-state index contributed by atoms with van der Waals surface area (Å²) in [4.78, 5) is 11.1. The summed E-state index contributed by atoms with van der Waals surface area (Å²) in [7, 11) is 0. The third kappa shape index (κ3) is 3.94. The standard InChI is InChI=1S/C12H19NO2S/c1-3-4-5-11(12(14)15)13-9(2)10-6-7-16-8-10/h6-9,11,13H,3-5H2,1-2H3,(H,14,15). The molecule has 0 spiro atoms. The molecule has 0 saturated carbocycles. The summed E-state index contributed by atoms with van der Waals surface area (Å²) >= 11 is 1.63. The summed E-state index contributed by atoms with van der Waals surface area (Å²) in [5, 5.41) is 16.3. The van der Waals surface area contributed by atoms with Crippen molar-refractivity contribution in [3.63, 3.8) is 0 Å². The normalized spacial score (nSPS) is 14.6. The van der Waals surface area contributed by atoms with Gasteiger partial charge in [-0.05, 0) is 35.7 Å². The van der Waals surface area contributed by atoms with E-state index in [4.69, 9.17) is 5.11 Å². The van der Waals surface area contributed by atoms with Crippen molar-refractivity contribution < 1.29 is 9.90 Å². The van der Waals surface area contributed by atoms with Gasteiger partial charge in [-0.15, -0.1) is 0 Å². The quantitative estimate of drug-likeness (QED) is 0.771. The number of unbranched alkanes of at least 4 members (excludes halogenated alkanes) is 1. The van der Waals surface area contributed by atoms with Gasteiger partial charge in [-0.3, -0.25) is 10.1 Å². The van der Waals surface area contributed by atoms with Gasteiger partial charge in [-0.2, -0.15) is 11.3 Å². The maximum atomic E-state index is 11.1. The number of thiophene rings is 1. The average Bonchev–Trinajstić information content (AvgIpc) is 2.76. The first-order valence-corrected chi connectivity index (χ1v) is 6.60. The lowest BCUT2D eigenvalue weighted by molar-refractivity contribution is -0.139. The van der Waals surface area contributed by atoms with Gasteiger partial charge in [0.25, 0.3) is 0 Å². The van der Waals surface area contributed by atoms with E-state index in [9.17, 15) is 4.79 Å². The van der Waals surface area contributed by atoms with Gasteiger partial charge in [0.15, 0.2) is 0 Å². The molecule has 2 N–H and O–H groups in total. The first-order valence-electron chi connectivity index (χ1n) is 5.66. The second-order valence-corrected chi connectivity index (χ2v) is 4.76. The van der Waals surface area contributed by atoms with Crippen molar-refractivity contribution in [1.82, 2.24) is 5.32 Å². The first kappa shape index (κ1) is 13.2. The van der Waals surface area contributed by atoms with Gasteiger partial charge in [0.2, 0.25) is 0 Å². The molecule has 0 aromatic carbocycles. The Kier molecular flexibility index (Phi) is 5.49. The molecular formula is C12H19NO2S. The molecule has 0 aliphatic carbocycles. The van der Waals surface area contributed by atoms with Crippen molar-refractivity contribution in [2.24, 2.45) is 0 Å². The summed E-state index contributed by atoms with van der Waals surface area (Å²) < 4.78 is 0. The Balaban J connectivity index is 2.51. The molecule has 0 radical (unpaired) electrons. The number of hydrogen-bond acceptors (Lipinski definition) is 3. The molecule has 4 heteroatoms. The van der Waals surface area contributed by atoms with Crippen molar-refractivity contribution in [2.45, 2.75) is 45.2 Å². The van der Waals surface area contributed by atoms with Crippen LogP contribution in [0.4, 0.5) is 0 Å². The topological polar surface area (TPSA) is 49.3 Å². The van der Waals surface area contributed by atoms with E-state index in [1.165, 1.54) is 0 Å². The molecule has 1 aromatic heterocycles. The Morgan fingerprint density at radius 3 is 2.88 bits per heavy atom. The van der Waals surface area contributed by atoms with Crippen LogP contribution >= 0.6 is 11.3 Å². The number of carboxylic acids is 1. The maximum absolute atomic E-state index is 11.1. The van der Waals surface area contributed by atoms with Gasteiger partial charge in [0.05, 0.1) is 0 Å². The van der Waals surface area contributed by atoms with Crippen molar-refractivity contribution >= 4 is 17.3 Å². The Morgan fingerprint density at radius 2 is 2.38 bits per heavy atom. The van der Waals surface area contributed by atoms with Crippen LogP contribution in [0.1, 0.15) is 44.7 Å². The number of rotatable bonds is 7. The molecule has 0 bridgehead atoms. The Hall–Kier alpha value is -0.870. The monoisotopic (exact) mass is 241 g/mol. The van der Waals surface area contributed by atoms with Crippen molar-refractivity contribution in [2.75, 3.05) is 0 Å². The predicted octanol–water partition coefficient (Wildman–Crippen LogP) is 3.04. The fourth-order valence-corrected chi connectivity index (χ4v) is 2.36. The van der Waals surface area contributed by atoms with Crippen LogP contribution in [0.3, 0.4) is 0 Å². The second-order valence-electron chi connectivity index (χ2n) is 3.98. The SMILES string of the molecule is CCCCC(NC(C)c1ccsc1)C(=O)O. The van der Waals surface area contributed by atoms with Crippen molar-refractivity contribution in [3.8, 4) is 0 Å². The highest BCUT2D eigenvalue weighted by molar-refractivity contribution is 7.07. The van der Waals surface area contributed by atoms with E-state index < -0.39 is 12.0 Å². The van der Waals surface area contributed by atoms with E-state index in [0.717, 1.165) is 18.4 Å². The van der Waals surface area contributed by atoms with Gasteiger partial charge in [-0.25, -0.2) is 0 Å². The summed E-state index contributed by atoms with van der Waals surface area (Å²) in [5.74, 6) is -0.754. The van der Waals surface area contributed by atoms with Gasteiger partial charge in [0.1, 0.15) is 6.04 Å². The minimum Gasteiger partial charge on any atom is -0.480 e. The van der Waals surface area contributed by atoms with Crippen LogP contribution in [0.25, 0.3) is 0 Å². The lowest BCUT2D eigenvalue weighted by atomic mass is 10.1. The highest BCUT2D eigenvalue weighted by Gasteiger charge is 2.19. The largest absolute Gasteiger partial charge is 0.480 e. The van der Waals surface area contributed by atoms with Gasteiger partial charge in [-0.1, -0.05) is 19.8 Å². The molecule has 16 heavy (non-hydrogen) atoms. The van der Waals surface area contributed by atoms with Crippen molar-refractivity contribution in [3.05, 3.63) is 22.4 Å². The van der Waals surface area contributed by atoms with Gasteiger partial charge >= 0.3 is 5.97 Å². The number of aliphatic carboxylic acids is 1. The average molecular weight is 241 g/mol. The van der Waals surface area contributed by atoms with E-state index in [-0.39, 0.29) is 6.04 Å². The molecule has 0 aliphatic rings. The minimum absolute atomic E-state index is 0.101. The molecule has 2 atom stereocenters. The van der Waals surface area contributed by atoms with Gasteiger partial charge < -0.3 is 5.11 Å². The molecule has 90 valence electrons. The van der Waals surface area contributed by atoms with Crippen LogP contribution in [0, 0.1) is 0 Å². The van der Waals surface area contributed by atoms with Gasteiger partial charge in [0, 0.05) is 6.04 Å². The summed E-state index contributed by atoms with van der Waals surface area (Å²) in [5.41, 5.74) is 1.16. The number of hydrogen-bond donors (Lipinski definition) is 2. The fourth-order valence-electron chi connectivity index (χ4n) is 1.61. The maximum Gasteiger partial charge on any atom is 0.320 e. The minimum atomic E-state index is -0.754. The van der Waals surface area contributed by atoms with E-state index in [1.807, 2.05) is 18.4 Å². The zero-order chi connectivity index (χ0) is 12.0. The Morgan fingerprint density at radius 1 is 1.62 bits per heavy atom. The van der Waals surface area contributed by atoms with Crippen molar-refractivity contribution in [1.29, 1.82) is 0 Å². The molecule has 0 fully saturated rings. The third-order valence-corrected chi connectivity index (χ3v) is 3.34. The van der Waals surface area contributed by atoms with Crippen LogP contribution in [0.2, 0.25) is 0 Å². The lowest BCUT2D eigenvalue weighted by Crippen LogP contribution is -2.38. The van der Waals surface area contributed by atoms with E-state index in [0.29, 0.717) is 6.42 Å². The number of nitrogens with one attached hydrogen (secondary N) is 1. The summed E-state index contributed by atoms with van der Waals surface area (Å²) in [6.45, 7) is 4.07. The van der Waals surface area contributed by atoms with E-state index in [1.54, 1.807) is 11.3 Å². The van der Waals surface area contributed by atoms with Crippen LogP contribution in [-0.2, 0) is 4.79 Å². The molecule has 3 nitrogen and oxygen atoms in total. The van der Waals surface area contributed by atoms with Crippen LogP contribution in [-0.4, -0.2) is 17.1 Å². The number of carbonyl (C=O) groups is 1. The molecule has 2 unspecified atom stereocenters. The Bertz CT molecular complexity index is 311. The van der Waals surface area contributed by atoms with Crippen LogP contribution < -0.4 is 5.32 Å². The molecule has 0 amide bonds.